The Bertz CT molecular complexity index is 213. The Balaban J connectivity index is 2.55. The Kier molecular flexibility index (Phi) is 2.58. The van der Waals surface area contributed by atoms with Crippen molar-refractivity contribution in [2.24, 2.45) is 5.92 Å². The molecule has 13 heavy (non-hydrogen) atoms. The molecule has 1 amide bonds. The molecule has 0 saturated heterocycles. The average molecular weight is 199 g/mol. The molecule has 0 bridgehead atoms. The zero-order valence-electron chi connectivity index (χ0n) is 9.40. The van der Waals surface area contributed by atoms with Crippen molar-refractivity contribution in [1.82, 2.24) is 4.98 Å². The van der Waals surface area contributed by atoms with E-state index in [1.54, 1.807) is 0 Å². The van der Waals surface area contributed by atoms with Gasteiger partial charge >= 0.3 is 0 Å². The molecular formula is C10H21NOSi. The van der Waals surface area contributed by atoms with Crippen molar-refractivity contribution in [3.05, 3.63) is 0 Å². The van der Waals surface area contributed by atoms with Crippen LogP contribution in [0.25, 0.3) is 0 Å². The normalized spacial score (nSPS) is 18.5. The third kappa shape index (κ3) is 2.56. The second kappa shape index (κ2) is 3.12. The summed E-state index contributed by atoms with van der Waals surface area (Å²) in [6.07, 6.45) is 2.20. The van der Waals surface area contributed by atoms with Gasteiger partial charge in [-0.3, -0.25) is 4.79 Å². The summed E-state index contributed by atoms with van der Waals surface area (Å²) in [5, 5.41) is 0.248. The highest BCUT2D eigenvalue weighted by Gasteiger charge is 2.40. The van der Waals surface area contributed by atoms with Gasteiger partial charge in [0.1, 0.15) is 0 Å². The van der Waals surface area contributed by atoms with Gasteiger partial charge in [0.15, 0.2) is 8.24 Å². The van der Waals surface area contributed by atoms with Crippen LogP contribution in [0.5, 0.6) is 0 Å². The monoisotopic (exact) mass is 199 g/mol. The molecule has 0 unspecified atom stereocenters. The third-order valence-corrected chi connectivity index (χ3v) is 7.88. The third-order valence-electron chi connectivity index (χ3n) is 3.26. The van der Waals surface area contributed by atoms with Gasteiger partial charge in [0.25, 0.3) is 0 Å². The lowest BCUT2D eigenvalue weighted by atomic mass is 10.2. The van der Waals surface area contributed by atoms with Crippen LogP contribution in [0, 0.1) is 5.92 Å². The highest BCUT2D eigenvalue weighted by Crippen LogP contribution is 2.36. The quantitative estimate of drug-likeness (QED) is 0.680. The molecule has 1 aliphatic carbocycles. The summed E-state index contributed by atoms with van der Waals surface area (Å²) in [5.41, 5.74) is 0. The molecule has 76 valence electrons. The van der Waals surface area contributed by atoms with E-state index in [-0.39, 0.29) is 5.04 Å². The summed E-state index contributed by atoms with van der Waals surface area (Å²) >= 11 is 0. The lowest BCUT2D eigenvalue weighted by Gasteiger charge is -2.37. The standard InChI is InChI=1S/C10H21NOSi/c1-10(2,3)13(4,5)11-9(12)8-6-7-8/h8H,6-7H2,1-5H3,(H,11,12). The van der Waals surface area contributed by atoms with Gasteiger partial charge in [-0.05, 0) is 17.9 Å². The first-order chi connectivity index (χ1) is 5.74. The Hall–Kier alpha value is -0.313. The zero-order chi connectivity index (χ0) is 10.3. The van der Waals surface area contributed by atoms with E-state index in [0.29, 0.717) is 11.8 Å². The molecule has 1 N–H and O–H groups in total. The summed E-state index contributed by atoms with van der Waals surface area (Å²) < 4.78 is 0. The summed E-state index contributed by atoms with van der Waals surface area (Å²) in [5.74, 6) is 0.640. The SMILES string of the molecule is CC(C)(C)[Si](C)(C)NC(=O)C1CC1. The van der Waals surface area contributed by atoms with Crippen LogP contribution < -0.4 is 4.98 Å². The van der Waals surface area contributed by atoms with Crippen LogP contribution in [0.3, 0.4) is 0 Å². The fourth-order valence-electron chi connectivity index (χ4n) is 0.943. The molecule has 0 aromatic rings. The summed E-state index contributed by atoms with van der Waals surface area (Å²) in [6, 6.07) is 0. The summed E-state index contributed by atoms with van der Waals surface area (Å²) in [7, 11) is -1.59. The van der Waals surface area contributed by atoms with Gasteiger partial charge in [-0.25, -0.2) is 0 Å². The van der Waals surface area contributed by atoms with Gasteiger partial charge in [-0.2, -0.15) is 0 Å². The molecule has 0 heterocycles. The van der Waals surface area contributed by atoms with Gasteiger partial charge < -0.3 is 4.98 Å². The van der Waals surface area contributed by atoms with Crippen LogP contribution in [-0.2, 0) is 4.79 Å². The van der Waals surface area contributed by atoms with Crippen LogP contribution in [-0.4, -0.2) is 14.1 Å². The molecule has 0 radical (unpaired) electrons. The number of hydrogen-bond acceptors (Lipinski definition) is 1. The zero-order valence-corrected chi connectivity index (χ0v) is 10.4. The molecule has 3 heteroatoms. The average Bonchev–Trinajstić information content (AvgIpc) is 2.62. The molecule has 0 spiro atoms. The van der Waals surface area contributed by atoms with Crippen LogP contribution in [0.15, 0.2) is 0 Å². The van der Waals surface area contributed by atoms with Crippen molar-refractivity contribution in [2.75, 3.05) is 0 Å². The van der Waals surface area contributed by atoms with Crippen LogP contribution in [0.4, 0.5) is 0 Å². The smallest absolute Gasteiger partial charge is 0.215 e. The highest BCUT2D eigenvalue weighted by molar-refractivity contribution is 6.79. The van der Waals surface area contributed by atoms with Crippen LogP contribution >= 0.6 is 0 Å². The predicted octanol–water partition coefficient (Wildman–Crippen LogP) is 2.52. The van der Waals surface area contributed by atoms with E-state index >= 15 is 0 Å². The molecular weight excluding hydrogens is 178 g/mol. The van der Waals surface area contributed by atoms with Gasteiger partial charge in [-0.15, -0.1) is 0 Å². The lowest BCUT2D eigenvalue weighted by Crippen LogP contribution is -2.55. The molecule has 0 aromatic carbocycles. The Morgan fingerprint density at radius 2 is 1.77 bits per heavy atom. The maximum Gasteiger partial charge on any atom is 0.215 e. The van der Waals surface area contributed by atoms with Crippen molar-refractivity contribution < 1.29 is 4.79 Å². The predicted molar refractivity (Wildman–Crippen MR) is 58.1 cm³/mol. The van der Waals surface area contributed by atoms with Crippen molar-refractivity contribution >= 4 is 14.1 Å². The first-order valence-electron chi connectivity index (χ1n) is 5.06. The van der Waals surface area contributed by atoms with Crippen molar-refractivity contribution in [3.8, 4) is 0 Å². The molecule has 0 aromatic heterocycles. The fraction of sp³-hybridized carbons (Fsp3) is 0.900. The van der Waals surface area contributed by atoms with E-state index in [9.17, 15) is 4.79 Å². The molecule has 1 rings (SSSR count). The number of amides is 1. The molecule has 1 saturated carbocycles. The second-order valence-corrected chi connectivity index (χ2v) is 10.6. The largest absolute Gasteiger partial charge is 0.381 e. The van der Waals surface area contributed by atoms with Crippen molar-refractivity contribution in [1.29, 1.82) is 0 Å². The van der Waals surface area contributed by atoms with Crippen molar-refractivity contribution in [3.63, 3.8) is 0 Å². The van der Waals surface area contributed by atoms with Crippen LogP contribution in [0.1, 0.15) is 33.6 Å². The van der Waals surface area contributed by atoms with Gasteiger partial charge in [0.2, 0.25) is 5.91 Å². The number of rotatable bonds is 2. The van der Waals surface area contributed by atoms with Gasteiger partial charge in [-0.1, -0.05) is 33.9 Å². The van der Waals surface area contributed by atoms with E-state index < -0.39 is 8.24 Å². The van der Waals surface area contributed by atoms with E-state index in [2.05, 4.69) is 38.8 Å². The first kappa shape index (κ1) is 10.8. The van der Waals surface area contributed by atoms with E-state index in [1.807, 2.05) is 0 Å². The summed E-state index contributed by atoms with van der Waals surface area (Å²) in [6.45, 7) is 11.1. The van der Waals surface area contributed by atoms with E-state index in [0.717, 1.165) is 12.8 Å². The number of carbonyl (C=O) groups excluding carboxylic acids is 1. The topological polar surface area (TPSA) is 29.1 Å². The molecule has 1 fully saturated rings. The maximum atomic E-state index is 11.6. The number of hydrogen-bond donors (Lipinski definition) is 1. The Labute approximate surface area is 82.2 Å². The fourth-order valence-corrected chi connectivity index (χ4v) is 2.14. The molecule has 0 aliphatic heterocycles. The molecule has 1 aliphatic rings. The summed E-state index contributed by atoms with van der Waals surface area (Å²) in [4.78, 5) is 14.8. The Morgan fingerprint density at radius 1 is 1.31 bits per heavy atom. The van der Waals surface area contributed by atoms with Crippen molar-refractivity contribution in [2.45, 2.75) is 51.7 Å². The van der Waals surface area contributed by atoms with Crippen LogP contribution in [0.2, 0.25) is 18.1 Å². The maximum absolute atomic E-state index is 11.6. The van der Waals surface area contributed by atoms with Gasteiger partial charge in [0, 0.05) is 5.92 Å². The van der Waals surface area contributed by atoms with Gasteiger partial charge in [0.05, 0.1) is 0 Å². The lowest BCUT2D eigenvalue weighted by molar-refractivity contribution is -0.120. The van der Waals surface area contributed by atoms with E-state index in [4.69, 9.17) is 0 Å². The minimum atomic E-state index is -1.59. The molecule has 0 atom stereocenters. The number of nitrogens with one attached hydrogen (secondary N) is 1. The first-order valence-corrected chi connectivity index (χ1v) is 8.06. The molecule has 2 nitrogen and oxygen atoms in total. The minimum Gasteiger partial charge on any atom is -0.381 e. The highest BCUT2D eigenvalue weighted by atomic mass is 28.3. The van der Waals surface area contributed by atoms with E-state index in [1.165, 1.54) is 0 Å². The number of carbonyl (C=O) groups is 1. The second-order valence-electron chi connectivity index (χ2n) is 5.64. The minimum absolute atomic E-state index is 0.248. The Morgan fingerprint density at radius 3 is 2.08 bits per heavy atom.